The summed E-state index contributed by atoms with van der Waals surface area (Å²) in [5.41, 5.74) is 6.65. The van der Waals surface area contributed by atoms with Crippen LogP contribution < -0.4 is 5.32 Å². The summed E-state index contributed by atoms with van der Waals surface area (Å²) in [7, 11) is 0. The summed E-state index contributed by atoms with van der Waals surface area (Å²) >= 11 is 1.64. The van der Waals surface area contributed by atoms with Crippen LogP contribution in [0.25, 0.3) is 10.4 Å². The Labute approximate surface area is 145 Å². The molecule has 0 fully saturated rings. The highest BCUT2D eigenvalue weighted by molar-refractivity contribution is 7.13. The molecule has 0 unspecified atom stereocenters. The van der Waals surface area contributed by atoms with Gasteiger partial charge in [-0.1, -0.05) is 37.6 Å². The van der Waals surface area contributed by atoms with Crippen molar-refractivity contribution < 1.29 is 4.79 Å². The minimum Gasteiger partial charge on any atom is -0.348 e. The molecule has 3 aromatic rings. The topological polar surface area (TPSA) is 70.7 Å². The Morgan fingerprint density at radius 3 is 2.75 bits per heavy atom. The Morgan fingerprint density at radius 2 is 2.08 bits per heavy atom. The van der Waals surface area contributed by atoms with Crippen LogP contribution in [0.15, 0.2) is 36.0 Å². The highest BCUT2D eigenvalue weighted by atomic mass is 32.1. The molecule has 5 nitrogen and oxygen atoms in total. The van der Waals surface area contributed by atoms with E-state index < -0.39 is 0 Å². The number of aryl methyl sites for hydroxylation is 2. The molecule has 0 atom stereocenters. The van der Waals surface area contributed by atoms with Gasteiger partial charge >= 0.3 is 0 Å². The highest BCUT2D eigenvalue weighted by Gasteiger charge is 2.12. The Kier molecular flexibility index (Phi) is 5.05. The summed E-state index contributed by atoms with van der Waals surface area (Å²) in [4.78, 5) is 17.8. The number of H-pyrrole nitrogens is 1. The van der Waals surface area contributed by atoms with Crippen molar-refractivity contribution in [3.63, 3.8) is 0 Å². The number of aromatic nitrogens is 3. The van der Waals surface area contributed by atoms with Crippen LogP contribution in [-0.4, -0.2) is 21.1 Å². The van der Waals surface area contributed by atoms with Crippen LogP contribution in [-0.2, 0) is 13.0 Å². The molecule has 0 bridgehead atoms. The van der Waals surface area contributed by atoms with E-state index in [2.05, 4.69) is 39.6 Å². The molecular formula is C18H20N4OS. The first-order chi connectivity index (χ1) is 11.7. The third-order valence-corrected chi connectivity index (χ3v) is 4.86. The summed E-state index contributed by atoms with van der Waals surface area (Å²) in [6.45, 7) is 4.59. The molecule has 2 aromatic heterocycles. The standard InChI is InChI=1S/C18H20N4OS/c1-3-4-16-15(10-21-22-16)18(23)19-9-13-5-7-14(8-6-13)17-12(2)20-11-24-17/h5-8,10-11H,3-4,9H2,1-2H3,(H,19,23)(H,21,22). The van der Waals surface area contributed by atoms with Crippen molar-refractivity contribution in [1.82, 2.24) is 20.5 Å². The van der Waals surface area contributed by atoms with E-state index in [4.69, 9.17) is 0 Å². The average molecular weight is 340 g/mol. The van der Waals surface area contributed by atoms with Gasteiger partial charge in [-0.25, -0.2) is 4.98 Å². The van der Waals surface area contributed by atoms with E-state index in [9.17, 15) is 4.79 Å². The van der Waals surface area contributed by atoms with Gasteiger partial charge < -0.3 is 5.32 Å². The van der Waals surface area contributed by atoms with Crippen LogP contribution in [0.1, 0.15) is 40.7 Å². The van der Waals surface area contributed by atoms with Crippen molar-refractivity contribution in [2.75, 3.05) is 0 Å². The number of thiazole rings is 1. The van der Waals surface area contributed by atoms with Gasteiger partial charge in [-0.05, 0) is 24.5 Å². The third-order valence-electron chi connectivity index (χ3n) is 3.88. The average Bonchev–Trinajstić information content (AvgIpc) is 3.22. The van der Waals surface area contributed by atoms with Gasteiger partial charge in [0, 0.05) is 12.2 Å². The normalized spacial score (nSPS) is 10.8. The summed E-state index contributed by atoms with van der Waals surface area (Å²) in [6, 6.07) is 8.22. The number of hydrogen-bond acceptors (Lipinski definition) is 4. The predicted octanol–water partition coefficient (Wildman–Crippen LogP) is 3.72. The fourth-order valence-electron chi connectivity index (χ4n) is 2.58. The van der Waals surface area contributed by atoms with Gasteiger partial charge in [0.1, 0.15) is 0 Å². The Hall–Kier alpha value is -2.47. The lowest BCUT2D eigenvalue weighted by Crippen LogP contribution is -2.23. The van der Waals surface area contributed by atoms with Crippen molar-refractivity contribution in [3.05, 3.63) is 58.5 Å². The maximum atomic E-state index is 12.3. The summed E-state index contributed by atoms with van der Waals surface area (Å²) in [6.07, 6.45) is 3.39. The first-order valence-corrected chi connectivity index (χ1v) is 8.87. The van der Waals surface area contributed by atoms with Gasteiger partial charge in [0.15, 0.2) is 0 Å². The molecule has 24 heavy (non-hydrogen) atoms. The van der Waals surface area contributed by atoms with E-state index in [1.165, 1.54) is 4.88 Å². The van der Waals surface area contributed by atoms with Gasteiger partial charge in [0.25, 0.3) is 5.91 Å². The van der Waals surface area contributed by atoms with E-state index >= 15 is 0 Å². The molecule has 0 saturated heterocycles. The molecule has 2 N–H and O–H groups in total. The van der Waals surface area contributed by atoms with E-state index in [1.54, 1.807) is 17.5 Å². The number of benzene rings is 1. The quantitative estimate of drug-likeness (QED) is 0.718. The summed E-state index contributed by atoms with van der Waals surface area (Å²) < 4.78 is 0. The number of nitrogens with one attached hydrogen (secondary N) is 2. The van der Waals surface area contributed by atoms with Gasteiger partial charge in [-0.15, -0.1) is 11.3 Å². The van der Waals surface area contributed by atoms with E-state index in [0.717, 1.165) is 35.4 Å². The first-order valence-electron chi connectivity index (χ1n) is 7.99. The van der Waals surface area contributed by atoms with Gasteiger partial charge in [-0.3, -0.25) is 9.89 Å². The smallest absolute Gasteiger partial charge is 0.255 e. The van der Waals surface area contributed by atoms with E-state index in [0.29, 0.717) is 12.1 Å². The molecule has 0 aliphatic heterocycles. The Bertz CT molecular complexity index is 820. The fraction of sp³-hybridized carbons (Fsp3) is 0.278. The largest absolute Gasteiger partial charge is 0.348 e. The Balaban J connectivity index is 1.63. The van der Waals surface area contributed by atoms with Crippen LogP contribution in [0.2, 0.25) is 0 Å². The van der Waals surface area contributed by atoms with Crippen LogP contribution >= 0.6 is 11.3 Å². The summed E-state index contributed by atoms with van der Waals surface area (Å²) in [5.74, 6) is -0.0884. The van der Waals surface area contributed by atoms with Crippen LogP contribution in [0, 0.1) is 6.92 Å². The number of carbonyl (C=O) groups excluding carboxylic acids is 1. The highest BCUT2D eigenvalue weighted by Crippen LogP contribution is 2.27. The number of rotatable bonds is 6. The van der Waals surface area contributed by atoms with Crippen molar-refractivity contribution in [2.24, 2.45) is 0 Å². The number of carbonyl (C=O) groups is 1. The molecule has 1 aromatic carbocycles. The zero-order chi connectivity index (χ0) is 16.9. The van der Waals surface area contributed by atoms with Crippen molar-refractivity contribution in [1.29, 1.82) is 0 Å². The molecule has 3 rings (SSSR count). The Morgan fingerprint density at radius 1 is 1.29 bits per heavy atom. The predicted molar refractivity (Wildman–Crippen MR) is 96.0 cm³/mol. The second kappa shape index (κ2) is 7.40. The van der Waals surface area contributed by atoms with Crippen molar-refractivity contribution in [3.8, 4) is 10.4 Å². The molecule has 0 saturated carbocycles. The maximum Gasteiger partial charge on any atom is 0.255 e. The zero-order valence-corrected chi connectivity index (χ0v) is 14.6. The minimum atomic E-state index is -0.0884. The molecule has 0 radical (unpaired) electrons. The van der Waals surface area contributed by atoms with Gasteiger partial charge in [0.05, 0.1) is 27.8 Å². The zero-order valence-electron chi connectivity index (χ0n) is 13.8. The van der Waals surface area contributed by atoms with Crippen LogP contribution in [0.3, 0.4) is 0 Å². The summed E-state index contributed by atoms with van der Waals surface area (Å²) in [5, 5.41) is 9.83. The maximum absolute atomic E-state index is 12.3. The fourth-order valence-corrected chi connectivity index (χ4v) is 3.39. The second-order valence-corrected chi connectivity index (χ2v) is 6.51. The number of nitrogens with zero attached hydrogens (tertiary/aromatic N) is 2. The molecule has 0 spiro atoms. The lowest BCUT2D eigenvalue weighted by molar-refractivity contribution is 0.0950. The van der Waals surface area contributed by atoms with Crippen LogP contribution in [0.5, 0.6) is 0 Å². The lowest BCUT2D eigenvalue weighted by atomic mass is 10.1. The molecule has 0 aliphatic rings. The molecule has 0 aliphatic carbocycles. The van der Waals surface area contributed by atoms with E-state index in [-0.39, 0.29) is 5.91 Å². The number of hydrogen-bond donors (Lipinski definition) is 2. The molecule has 6 heteroatoms. The van der Waals surface area contributed by atoms with E-state index in [1.807, 2.05) is 24.6 Å². The molecule has 1 amide bonds. The van der Waals surface area contributed by atoms with Crippen LogP contribution in [0.4, 0.5) is 0 Å². The van der Waals surface area contributed by atoms with Crippen molar-refractivity contribution in [2.45, 2.75) is 33.2 Å². The number of amides is 1. The third kappa shape index (κ3) is 3.54. The molecule has 2 heterocycles. The first kappa shape index (κ1) is 16.4. The lowest BCUT2D eigenvalue weighted by Gasteiger charge is -2.07. The second-order valence-electron chi connectivity index (χ2n) is 5.66. The molecule has 124 valence electrons. The molecular weight excluding hydrogens is 320 g/mol. The minimum absolute atomic E-state index is 0.0884. The van der Waals surface area contributed by atoms with Gasteiger partial charge in [-0.2, -0.15) is 5.10 Å². The monoisotopic (exact) mass is 340 g/mol. The van der Waals surface area contributed by atoms with Crippen molar-refractivity contribution >= 4 is 17.2 Å². The number of aromatic amines is 1. The SMILES string of the molecule is CCCc1[nH]ncc1C(=O)NCc1ccc(-c2scnc2C)cc1. The van der Waals surface area contributed by atoms with Gasteiger partial charge in [0.2, 0.25) is 0 Å².